The lowest BCUT2D eigenvalue weighted by Crippen LogP contribution is -2.39. The van der Waals surface area contributed by atoms with Crippen LogP contribution in [0.3, 0.4) is 0 Å². The first kappa shape index (κ1) is 9.47. The Morgan fingerprint density at radius 2 is 1.85 bits per heavy atom. The van der Waals surface area contributed by atoms with Crippen molar-refractivity contribution in [2.45, 2.75) is 57.7 Å². The molecular weight excluding hydrogens is 164 g/mol. The van der Waals surface area contributed by atoms with E-state index in [1.54, 1.807) is 0 Å². The van der Waals surface area contributed by atoms with E-state index >= 15 is 0 Å². The molecule has 0 aromatic heterocycles. The smallest absolute Gasteiger partial charge is 0.0908 e. The molecule has 76 valence electrons. The van der Waals surface area contributed by atoms with Crippen LogP contribution in [0.1, 0.15) is 46.0 Å². The van der Waals surface area contributed by atoms with E-state index in [0.717, 1.165) is 38.7 Å². The van der Waals surface area contributed by atoms with Crippen LogP contribution in [0.5, 0.6) is 0 Å². The van der Waals surface area contributed by atoms with E-state index in [1.807, 2.05) is 0 Å². The Kier molecular flexibility index (Phi) is 2.16. The summed E-state index contributed by atoms with van der Waals surface area (Å²) in [6.07, 6.45) is 5.32. The SMILES string of the molecule is CC1(C)CO[C@H](C2(O)CCCC2)C1. The number of hydrogen-bond donors (Lipinski definition) is 1. The van der Waals surface area contributed by atoms with E-state index in [0.29, 0.717) is 0 Å². The van der Waals surface area contributed by atoms with Crippen molar-refractivity contribution < 1.29 is 9.84 Å². The first-order valence-corrected chi connectivity index (χ1v) is 5.36. The Morgan fingerprint density at radius 3 is 2.31 bits per heavy atom. The average molecular weight is 184 g/mol. The summed E-state index contributed by atoms with van der Waals surface area (Å²) in [5.41, 5.74) is -0.225. The minimum absolute atomic E-state index is 0.102. The summed E-state index contributed by atoms with van der Waals surface area (Å²) in [7, 11) is 0. The van der Waals surface area contributed by atoms with Gasteiger partial charge in [-0.05, 0) is 24.7 Å². The van der Waals surface area contributed by atoms with Crippen LogP contribution < -0.4 is 0 Å². The van der Waals surface area contributed by atoms with Gasteiger partial charge in [-0.2, -0.15) is 0 Å². The summed E-state index contributed by atoms with van der Waals surface area (Å²) < 4.78 is 5.71. The second-order valence-corrected chi connectivity index (χ2v) is 5.48. The summed E-state index contributed by atoms with van der Waals surface area (Å²) in [4.78, 5) is 0. The zero-order chi connectivity index (χ0) is 9.53. The lowest BCUT2D eigenvalue weighted by atomic mass is 9.84. The predicted octanol–water partition coefficient (Wildman–Crippen LogP) is 2.11. The Bertz CT molecular complexity index is 192. The standard InChI is InChI=1S/C11H20O2/c1-10(2)7-9(13-8-10)11(12)5-3-4-6-11/h9,12H,3-8H2,1-2H3/t9-/m0/s1. The zero-order valence-corrected chi connectivity index (χ0v) is 8.68. The molecule has 0 aromatic carbocycles. The monoisotopic (exact) mass is 184 g/mol. The molecule has 2 aliphatic rings. The Balaban J connectivity index is 2.02. The number of aliphatic hydroxyl groups is 1. The second-order valence-electron chi connectivity index (χ2n) is 5.48. The highest BCUT2D eigenvalue weighted by molar-refractivity contribution is 4.97. The maximum absolute atomic E-state index is 10.3. The molecule has 0 bridgehead atoms. The fourth-order valence-electron chi connectivity index (χ4n) is 2.60. The Morgan fingerprint density at radius 1 is 1.23 bits per heavy atom. The van der Waals surface area contributed by atoms with Gasteiger partial charge in [-0.15, -0.1) is 0 Å². The summed E-state index contributed by atoms with van der Waals surface area (Å²) in [6, 6.07) is 0. The maximum atomic E-state index is 10.3. The van der Waals surface area contributed by atoms with E-state index in [4.69, 9.17) is 4.74 Å². The average Bonchev–Trinajstić information content (AvgIpc) is 2.58. The molecule has 2 nitrogen and oxygen atoms in total. The van der Waals surface area contributed by atoms with Crippen LogP contribution in [-0.2, 0) is 4.74 Å². The molecule has 2 rings (SSSR count). The molecule has 1 aliphatic carbocycles. The van der Waals surface area contributed by atoms with Gasteiger partial charge in [0, 0.05) is 0 Å². The highest BCUT2D eigenvalue weighted by atomic mass is 16.5. The molecule has 0 amide bonds. The van der Waals surface area contributed by atoms with Gasteiger partial charge < -0.3 is 9.84 Å². The molecule has 0 unspecified atom stereocenters. The molecule has 2 fully saturated rings. The first-order valence-electron chi connectivity index (χ1n) is 5.36. The third-order valence-corrected chi connectivity index (χ3v) is 3.48. The van der Waals surface area contributed by atoms with Crippen LogP contribution in [0.25, 0.3) is 0 Å². The first-order chi connectivity index (χ1) is 6.02. The van der Waals surface area contributed by atoms with Gasteiger partial charge in [0.05, 0.1) is 18.3 Å². The molecule has 1 aliphatic heterocycles. The van der Waals surface area contributed by atoms with Crippen molar-refractivity contribution in [3.05, 3.63) is 0 Å². The minimum atomic E-state index is -0.492. The third-order valence-electron chi connectivity index (χ3n) is 3.48. The van der Waals surface area contributed by atoms with Gasteiger partial charge in [-0.25, -0.2) is 0 Å². The fraction of sp³-hybridized carbons (Fsp3) is 1.00. The van der Waals surface area contributed by atoms with Gasteiger partial charge in [-0.3, -0.25) is 0 Å². The summed E-state index contributed by atoms with van der Waals surface area (Å²) in [5.74, 6) is 0. The summed E-state index contributed by atoms with van der Waals surface area (Å²) in [6.45, 7) is 5.23. The van der Waals surface area contributed by atoms with E-state index in [1.165, 1.54) is 0 Å². The van der Waals surface area contributed by atoms with Crippen LogP contribution in [0.2, 0.25) is 0 Å². The highest BCUT2D eigenvalue weighted by Gasteiger charge is 2.46. The third kappa shape index (κ3) is 1.75. The largest absolute Gasteiger partial charge is 0.387 e. The molecule has 13 heavy (non-hydrogen) atoms. The Hall–Kier alpha value is -0.0800. The van der Waals surface area contributed by atoms with Crippen LogP contribution in [0, 0.1) is 5.41 Å². The van der Waals surface area contributed by atoms with Crippen LogP contribution >= 0.6 is 0 Å². The van der Waals surface area contributed by atoms with E-state index in [2.05, 4.69) is 13.8 Å². The quantitative estimate of drug-likeness (QED) is 0.676. The lowest BCUT2D eigenvalue weighted by molar-refractivity contribution is -0.0799. The normalized spacial score (nSPS) is 36.7. The molecule has 0 spiro atoms. The maximum Gasteiger partial charge on any atom is 0.0908 e. The number of ether oxygens (including phenoxy) is 1. The van der Waals surface area contributed by atoms with Crippen LogP contribution in [0.15, 0.2) is 0 Å². The Labute approximate surface area is 80.3 Å². The number of hydrogen-bond acceptors (Lipinski definition) is 2. The molecule has 0 aromatic rings. The van der Waals surface area contributed by atoms with E-state index in [-0.39, 0.29) is 11.5 Å². The van der Waals surface area contributed by atoms with Crippen molar-refractivity contribution in [3.8, 4) is 0 Å². The summed E-state index contributed by atoms with van der Waals surface area (Å²) >= 11 is 0. The van der Waals surface area contributed by atoms with Crippen molar-refractivity contribution in [2.75, 3.05) is 6.61 Å². The molecule has 1 saturated heterocycles. The van der Waals surface area contributed by atoms with Gasteiger partial charge in [0.15, 0.2) is 0 Å². The molecule has 1 atom stereocenters. The van der Waals surface area contributed by atoms with Crippen molar-refractivity contribution >= 4 is 0 Å². The van der Waals surface area contributed by atoms with Crippen LogP contribution in [0.4, 0.5) is 0 Å². The zero-order valence-electron chi connectivity index (χ0n) is 8.68. The molecule has 1 heterocycles. The number of rotatable bonds is 1. The van der Waals surface area contributed by atoms with Gasteiger partial charge >= 0.3 is 0 Å². The molecule has 1 saturated carbocycles. The molecule has 2 heteroatoms. The predicted molar refractivity (Wildman–Crippen MR) is 51.6 cm³/mol. The lowest BCUT2D eigenvalue weighted by Gasteiger charge is -2.29. The van der Waals surface area contributed by atoms with Crippen molar-refractivity contribution in [2.24, 2.45) is 5.41 Å². The molecular formula is C11H20O2. The topological polar surface area (TPSA) is 29.5 Å². The fourth-order valence-corrected chi connectivity index (χ4v) is 2.60. The van der Waals surface area contributed by atoms with E-state index < -0.39 is 5.60 Å². The van der Waals surface area contributed by atoms with Crippen molar-refractivity contribution in [3.63, 3.8) is 0 Å². The minimum Gasteiger partial charge on any atom is -0.387 e. The van der Waals surface area contributed by atoms with Gasteiger partial charge in [0.2, 0.25) is 0 Å². The highest BCUT2D eigenvalue weighted by Crippen LogP contribution is 2.42. The van der Waals surface area contributed by atoms with Crippen LogP contribution in [-0.4, -0.2) is 23.4 Å². The van der Waals surface area contributed by atoms with Gasteiger partial charge in [0.1, 0.15) is 0 Å². The summed E-state index contributed by atoms with van der Waals surface area (Å²) in [5, 5.41) is 10.3. The molecule has 0 radical (unpaired) electrons. The van der Waals surface area contributed by atoms with Gasteiger partial charge in [0.25, 0.3) is 0 Å². The van der Waals surface area contributed by atoms with Crippen molar-refractivity contribution in [1.82, 2.24) is 0 Å². The van der Waals surface area contributed by atoms with E-state index in [9.17, 15) is 5.11 Å². The molecule has 1 N–H and O–H groups in total. The van der Waals surface area contributed by atoms with Crippen molar-refractivity contribution in [1.29, 1.82) is 0 Å². The van der Waals surface area contributed by atoms with Gasteiger partial charge in [-0.1, -0.05) is 26.7 Å². The second kappa shape index (κ2) is 2.96.